The van der Waals surface area contributed by atoms with Crippen LogP contribution in [0.15, 0.2) is 30.3 Å². The lowest BCUT2D eigenvalue weighted by Gasteiger charge is -2.34. The van der Waals surface area contributed by atoms with Crippen LogP contribution in [0.3, 0.4) is 0 Å². The van der Waals surface area contributed by atoms with Gasteiger partial charge in [-0.25, -0.2) is 0 Å². The van der Waals surface area contributed by atoms with E-state index in [1.54, 1.807) is 4.90 Å². The van der Waals surface area contributed by atoms with Crippen molar-refractivity contribution in [1.29, 1.82) is 5.26 Å². The Bertz CT molecular complexity index is 473. The van der Waals surface area contributed by atoms with Crippen LogP contribution >= 0.6 is 0 Å². The van der Waals surface area contributed by atoms with Crippen molar-refractivity contribution in [2.75, 3.05) is 24.7 Å². The van der Waals surface area contributed by atoms with Crippen LogP contribution in [0.4, 0.5) is 5.69 Å². The molecule has 1 aromatic rings. The second-order valence-electron chi connectivity index (χ2n) is 4.69. The van der Waals surface area contributed by atoms with Gasteiger partial charge in [-0.2, -0.15) is 5.26 Å². The highest BCUT2D eigenvalue weighted by molar-refractivity contribution is 5.99. The first-order valence-corrected chi connectivity index (χ1v) is 6.59. The highest BCUT2D eigenvalue weighted by Crippen LogP contribution is 2.33. The van der Waals surface area contributed by atoms with E-state index in [2.05, 4.69) is 6.07 Å². The summed E-state index contributed by atoms with van der Waals surface area (Å²) in [6, 6.07) is 11.7. The normalized spacial score (nSPS) is 17.5. The number of amides is 1. The molecule has 0 aromatic heterocycles. The largest absolute Gasteiger partial charge is 0.381 e. The van der Waals surface area contributed by atoms with E-state index in [1.807, 2.05) is 37.3 Å². The van der Waals surface area contributed by atoms with Crippen LogP contribution in [0.5, 0.6) is 0 Å². The Labute approximate surface area is 113 Å². The van der Waals surface area contributed by atoms with Crippen LogP contribution in [-0.2, 0) is 9.53 Å². The van der Waals surface area contributed by atoms with Crippen LogP contribution in [-0.4, -0.2) is 25.7 Å². The van der Waals surface area contributed by atoms with Crippen molar-refractivity contribution in [3.63, 3.8) is 0 Å². The first-order chi connectivity index (χ1) is 9.23. The van der Waals surface area contributed by atoms with Gasteiger partial charge in [-0.3, -0.25) is 4.79 Å². The lowest BCUT2D eigenvalue weighted by Crippen LogP contribution is -2.46. The number of carbonyl (C=O) groups is 1. The summed E-state index contributed by atoms with van der Waals surface area (Å²) in [6.07, 6.45) is 0.956. The quantitative estimate of drug-likeness (QED) is 0.836. The van der Waals surface area contributed by atoms with E-state index in [0.29, 0.717) is 32.6 Å². The van der Waals surface area contributed by atoms with Gasteiger partial charge in [-0.1, -0.05) is 18.2 Å². The standard InChI is InChI=1S/C15H18N2O2/c1-2-17(13-6-4-3-5-7-13)14(18)15(12-16)8-10-19-11-9-15/h3-7H,2,8-11H2,1H3. The minimum absolute atomic E-state index is 0.105. The molecule has 0 saturated carbocycles. The molecule has 2 rings (SSSR count). The Morgan fingerprint density at radius 3 is 2.53 bits per heavy atom. The number of benzene rings is 1. The van der Waals surface area contributed by atoms with Crippen LogP contribution in [0.2, 0.25) is 0 Å². The summed E-state index contributed by atoms with van der Waals surface area (Å²) in [5.41, 5.74) is -0.0829. The summed E-state index contributed by atoms with van der Waals surface area (Å²) in [4.78, 5) is 14.4. The van der Waals surface area contributed by atoms with Crippen molar-refractivity contribution >= 4 is 11.6 Å². The highest BCUT2D eigenvalue weighted by atomic mass is 16.5. The number of hydrogen-bond acceptors (Lipinski definition) is 3. The molecule has 19 heavy (non-hydrogen) atoms. The molecule has 0 atom stereocenters. The van der Waals surface area contributed by atoms with Crippen molar-refractivity contribution in [3.8, 4) is 6.07 Å². The number of ether oxygens (including phenoxy) is 1. The molecule has 1 amide bonds. The van der Waals surface area contributed by atoms with Gasteiger partial charge in [0.1, 0.15) is 5.41 Å². The summed E-state index contributed by atoms with van der Waals surface area (Å²) in [6.45, 7) is 3.44. The summed E-state index contributed by atoms with van der Waals surface area (Å²) in [7, 11) is 0. The minimum Gasteiger partial charge on any atom is -0.381 e. The lowest BCUT2D eigenvalue weighted by molar-refractivity contribution is -0.129. The van der Waals surface area contributed by atoms with Crippen molar-refractivity contribution in [3.05, 3.63) is 30.3 Å². The molecule has 1 aliphatic rings. The van der Waals surface area contributed by atoms with Gasteiger partial charge in [-0.15, -0.1) is 0 Å². The molecule has 1 fully saturated rings. The van der Waals surface area contributed by atoms with E-state index in [4.69, 9.17) is 4.74 Å². The van der Waals surface area contributed by atoms with Gasteiger partial charge < -0.3 is 9.64 Å². The molecule has 0 aliphatic carbocycles. The number of anilines is 1. The number of hydrogen-bond donors (Lipinski definition) is 0. The van der Waals surface area contributed by atoms with E-state index in [9.17, 15) is 10.1 Å². The average molecular weight is 258 g/mol. The number of nitriles is 1. The molecule has 4 heteroatoms. The first kappa shape index (κ1) is 13.6. The average Bonchev–Trinajstić information content (AvgIpc) is 2.49. The maximum absolute atomic E-state index is 12.7. The van der Waals surface area contributed by atoms with Gasteiger partial charge in [0.25, 0.3) is 0 Å². The Morgan fingerprint density at radius 2 is 2.00 bits per heavy atom. The molecule has 0 bridgehead atoms. The number of rotatable bonds is 3. The predicted octanol–water partition coefficient (Wildman–Crippen LogP) is 2.36. The third kappa shape index (κ3) is 2.61. The first-order valence-electron chi connectivity index (χ1n) is 6.59. The van der Waals surface area contributed by atoms with Crippen molar-refractivity contribution in [2.24, 2.45) is 5.41 Å². The SMILES string of the molecule is CCN(C(=O)C1(C#N)CCOCC1)c1ccccc1. The summed E-state index contributed by atoms with van der Waals surface area (Å²) < 4.78 is 5.27. The molecular weight excluding hydrogens is 240 g/mol. The minimum atomic E-state index is -0.926. The van der Waals surface area contributed by atoms with E-state index < -0.39 is 5.41 Å². The maximum Gasteiger partial charge on any atom is 0.247 e. The smallest absolute Gasteiger partial charge is 0.247 e. The Balaban J connectivity index is 2.28. The van der Waals surface area contributed by atoms with Crippen LogP contribution in [0, 0.1) is 16.7 Å². The molecule has 1 aliphatic heterocycles. The van der Waals surface area contributed by atoms with Crippen LogP contribution in [0.25, 0.3) is 0 Å². The second kappa shape index (κ2) is 5.85. The zero-order chi connectivity index (χ0) is 13.7. The van der Waals surface area contributed by atoms with E-state index in [-0.39, 0.29) is 5.91 Å². The van der Waals surface area contributed by atoms with Gasteiger partial charge in [0.05, 0.1) is 6.07 Å². The molecule has 1 aromatic carbocycles. The van der Waals surface area contributed by atoms with Crippen LogP contribution in [0.1, 0.15) is 19.8 Å². The van der Waals surface area contributed by atoms with E-state index in [0.717, 1.165) is 5.69 Å². The van der Waals surface area contributed by atoms with Gasteiger partial charge in [-0.05, 0) is 31.9 Å². The second-order valence-corrected chi connectivity index (χ2v) is 4.69. The maximum atomic E-state index is 12.7. The number of nitrogens with zero attached hydrogens (tertiary/aromatic N) is 2. The fourth-order valence-corrected chi connectivity index (χ4v) is 2.40. The molecular formula is C15H18N2O2. The predicted molar refractivity (Wildman–Crippen MR) is 72.6 cm³/mol. The van der Waals surface area contributed by atoms with Crippen molar-refractivity contribution < 1.29 is 9.53 Å². The Morgan fingerprint density at radius 1 is 1.37 bits per heavy atom. The molecule has 1 heterocycles. The van der Waals surface area contributed by atoms with Crippen molar-refractivity contribution in [2.45, 2.75) is 19.8 Å². The van der Waals surface area contributed by atoms with Gasteiger partial charge in [0.15, 0.2) is 0 Å². The number of para-hydroxylation sites is 1. The summed E-state index contributed by atoms with van der Waals surface area (Å²) >= 11 is 0. The zero-order valence-corrected chi connectivity index (χ0v) is 11.1. The fraction of sp³-hybridized carbons (Fsp3) is 0.467. The zero-order valence-electron chi connectivity index (χ0n) is 11.1. The molecule has 4 nitrogen and oxygen atoms in total. The molecule has 0 unspecified atom stereocenters. The monoisotopic (exact) mass is 258 g/mol. The van der Waals surface area contributed by atoms with Gasteiger partial charge in [0.2, 0.25) is 5.91 Å². The van der Waals surface area contributed by atoms with E-state index in [1.165, 1.54) is 0 Å². The van der Waals surface area contributed by atoms with Gasteiger partial charge in [0, 0.05) is 25.4 Å². The third-order valence-corrected chi connectivity index (χ3v) is 3.60. The summed E-state index contributed by atoms with van der Waals surface area (Å²) in [5.74, 6) is -0.105. The molecule has 100 valence electrons. The van der Waals surface area contributed by atoms with Crippen LogP contribution < -0.4 is 4.90 Å². The Hall–Kier alpha value is -1.86. The fourth-order valence-electron chi connectivity index (χ4n) is 2.40. The topological polar surface area (TPSA) is 53.3 Å². The highest BCUT2D eigenvalue weighted by Gasteiger charge is 2.43. The lowest BCUT2D eigenvalue weighted by atomic mass is 9.80. The molecule has 0 radical (unpaired) electrons. The molecule has 0 N–H and O–H groups in total. The van der Waals surface area contributed by atoms with E-state index >= 15 is 0 Å². The Kier molecular flexibility index (Phi) is 4.18. The number of carbonyl (C=O) groups excluding carboxylic acids is 1. The summed E-state index contributed by atoms with van der Waals surface area (Å²) in [5, 5.41) is 9.45. The third-order valence-electron chi connectivity index (χ3n) is 3.60. The molecule has 1 saturated heterocycles. The molecule has 0 spiro atoms. The van der Waals surface area contributed by atoms with Crippen molar-refractivity contribution in [1.82, 2.24) is 0 Å². The van der Waals surface area contributed by atoms with Gasteiger partial charge >= 0.3 is 0 Å².